The number of rotatable bonds is 8. The van der Waals surface area contributed by atoms with Crippen LogP contribution in [0.3, 0.4) is 0 Å². The van der Waals surface area contributed by atoms with Crippen molar-refractivity contribution in [2.75, 3.05) is 20.1 Å². The normalized spacial score (nSPS) is 12.0. The second-order valence-corrected chi connectivity index (χ2v) is 9.96. The van der Waals surface area contributed by atoms with Crippen LogP contribution in [0.4, 0.5) is 0 Å². The molecule has 27 heavy (non-hydrogen) atoms. The summed E-state index contributed by atoms with van der Waals surface area (Å²) < 4.78 is 26.3. The van der Waals surface area contributed by atoms with E-state index in [4.69, 9.17) is 11.6 Å². The fourth-order valence-corrected chi connectivity index (χ4v) is 5.36. The maximum absolute atomic E-state index is 12.4. The van der Waals surface area contributed by atoms with Crippen LogP contribution >= 0.6 is 22.9 Å². The van der Waals surface area contributed by atoms with Crippen LogP contribution < -0.4 is 5.32 Å². The third kappa shape index (κ3) is 4.86. The molecule has 3 aromatic rings. The maximum atomic E-state index is 12.4. The predicted molar refractivity (Wildman–Crippen MR) is 107 cm³/mol. The lowest BCUT2D eigenvalue weighted by molar-refractivity contribution is -0.121. The number of carbonyl (C=O) groups excluding carboxylic acids is 1. The minimum Gasteiger partial charge on any atom is -0.355 e. The zero-order chi connectivity index (χ0) is 19.4. The third-order valence-electron chi connectivity index (χ3n) is 3.93. The number of imidazole rings is 1. The topological polar surface area (TPSA) is 95.2 Å². The van der Waals surface area contributed by atoms with Gasteiger partial charge in [0.1, 0.15) is 10.0 Å². The Morgan fingerprint density at radius 1 is 1.30 bits per heavy atom. The average molecular weight is 427 g/mol. The van der Waals surface area contributed by atoms with E-state index in [1.165, 1.54) is 19.2 Å². The Morgan fingerprint density at radius 2 is 2.07 bits per heavy atom. The number of carbonyl (C=O) groups is 1. The van der Waals surface area contributed by atoms with Crippen LogP contribution in [0.15, 0.2) is 40.6 Å². The van der Waals surface area contributed by atoms with Gasteiger partial charge < -0.3 is 10.3 Å². The van der Waals surface area contributed by atoms with E-state index >= 15 is 0 Å². The average Bonchev–Trinajstić information content (AvgIpc) is 3.24. The molecule has 0 aliphatic heterocycles. The van der Waals surface area contributed by atoms with Crippen molar-refractivity contribution in [2.24, 2.45) is 0 Å². The zero-order valence-electron chi connectivity index (χ0n) is 14.6. The van der Waals surface area contributed by atoms with Gasteiger partial charge in [-0.15, -0.1) is 11.3 Å². The molecule has 0 radical (unpaired) electrons. The molecule has 2 aromatic heterocycles. The number of amides is 1. The smallest absolute Gasteiger partial charge is 0.252 e. The number of H-pyrrole nitrogens is 1. The molecule has 0 unspecified atom stereocenters. The van der Waals surface area contributed by atoms with Crippen LogP contribution in [0, 0.1) is 0 Å². The van der Waals surface area contributed by atoms with Crippen LogP contribution in [0.5, 0.6) is 0 Å². The number of nitrogens with one attached hydrogen (secondary N) is 2. The van der Waals surface area contributed by atoms with Gasteiger partial charge in [-0.05, 0) is 30.7 Å². The Balaban J connectivity index is 1.45. The highest BCUT2D eigenvalue weighted by molar-refractivity contribution is 7.91. The first-order chi connectivity index (χ1) is 12.9. The molecular weight excluding hydrogens is 408 g/mol. The lowest BCUT2D eigenvalue weighted by Crippen LogP contribution is -2.38. The predicted octanol–water partition coefficient (Wildman–Crippen LogP) is 2.65. The fraction of sp³-hybridized carbons (Fsp3) is 0.294. The molecule has 1 aromatic carbocycles. The number of aromatic nitrogens is 2. The van der Waals surface area contributed by atoms with E-state index in [0.29, 0.717) is 23.7 Å². The molecule has 2 N–H and O–H groups in total. The molecule has 0 fully saturated rings. The van der Waals surface area contributed by atoms with Crippen molar-refractivity contribution in [1.29, 1.82) is 0 Å². The van der Waals surface area contributed by atoms with E-state index in [1.54, 1.807) is 0 Å². The van der Waals surface area contributed by atoms with E-state index in [9.17, 15) is 13.2 Å². The summed E-state index contributed by atoms with van der Waals surface area (Å²) in [7, 11) is -2.34. The highest BCUT2D eigenvalue weighted by atomic mass is 35.5. The van der Waals surface area contributed by atoms with Gasteiger partial charge in [0.25, 0.3) is 10.0 Å². The van der Waals surface area contributed by atoms with Crippen molar-refractivity contribution in [3.05, 3.63) is 46.6 Å². The Bertz CT molecular complexity index is 1010. The number of thiophene rings is 1. The van der Waals surface area contributed by atoms with Crippen molar-refractivity contribution in [3.63, 3.8) is 0 Å². The summed E-state index contributed by atoms with van der Waals surface area (Å²) in [5.41, 5.74) is 1.90. The van der Waals surface area contributed by atoms with Crippen molar-refractivity contribution >= 4 is 49.9 Å². The van der Waals surface area contributed by atoms with Crippen LogP contribution in [0.1, 0.15) is 12.2 Å². The molecule has 0 spiro atoms. The summed E-state index contributed by atoms with van der Waals surface area (Å²) in [5.74, 6) is 0.507. The van der Waals surface area contributed by atoms with Gasteiger partial charge in [0.05, 0.1) is 21.9 Å². The number of hydrogen-bond donors (Lipinski definition) is 2. The Labute approximate surface area is 166 Å². The molecule has 144 valence electrons. The van der Waals surface area contributed by atoms with Crippen LogP contribution in [-0.4, -0.2) is 48.7 Å². The molecule has 2 heterocycles. The fourth-order valence-electron chi connectivity index (χ4n) is 2.54. The monoisotopic (exact) mass is 426 g/mol. The van der Waals surface area contributed by atoms with Gasteiger partial charge in [-0.1, -0.05) is 23.7 Å². The largest absolute Gasteiger partial charge is 0.355 e. The van der Waals surface area contributed by atoms with Gasteiger partial charge >= 0.3 is 0 Å². The van der Waals surface area contributed by atoms with E-state index in [1.807, 2.05) is 24.3 Å². The number of halogens is 1. The molecule has 7 nitrogen and oxygen atoms in total. The number of sulfonamides is 1. The van der Waals surface area contributed by atoms with Gasteiger partial charge in [0.15, 0.2) is 0 Å². The Morgan fingerprint density at radius 3 is 2.78 bits per heavy atom. The molecule has 0 aliphatic rings. The molecule has 0 aliphatic carbocycles. The summed E-state index contributed by atoms with van der Waals surface area (Å²) in [6.45, 7) is 0.192. The molecular formula is C17H19ClN4O3S2. The Kier molecular flexibility index (Phi) is 6.15. The van der Waals surface area contributed by atoms with Crippen molar-refractivity contribution in [3.8, 4) is 0 Å². The molecule has 10 heteroatoms. The van der Waals surface area contributed by atoms with Crippen molar-refractivity contribution in [1.82, 2.24) is 19.6 Å². The number of para-hydroxylation sites is 2. The van der Waals surface area contributed by atoms with Crippen LogP contribution in [0.2, 0.25) is 4.34 Å². The molecule has 1 amide bonds. The number of aromatic amines is 1. The second-order valence-electron chi connectivity index (χ2n) is 5.97. The minimum atomic E-state index is -3.71. The number of fused-ring (bicyclic) bond motifs is 1. The summed E-state index contributed by atoms with van der Waals surface area (Å²) in [6.07, 6.45) is 1.39. The van der Waals surface area contributed by atoms with Gasteiger partial charge in [0, 0.05) is 20.0 Å². The molecule has 3 rings (SSSR count). The highest BCUT2D eigenvalue weighted by Crippen LogP contribution is 2.27. The van der Waals surface area contributed by atoms with Gasteiger partial charge in [0.2, 0.25) is 5.91 Å². The van der Waals surface area contributed by atoms with Gasteiger partial charge in [-0.25, -0.2) is 13.4 Å². The zero-order valence-corrected chi connectivity index (χ0v) is 17.0. The lowest BCUT2D eigenvalue weighted by atomic mass is 10.3. The standard InChI is InChI=1S/C17H19ClN4O3S2/c1-22(27(24,25)17-9-8-14(18)26-17)11-16(23)19-10-4-7-15-20-12-5-2-3-6-13(12)21-15/h2-3,5-6,8-9H,4,7,10-11H2,1H3,(H,19,23)(H,20,21). The van der Waals surface area contributed by atoms with E-state index in [-0.39, 0.29) is 16.7 Å². The van der Waals surface area contributed by atoms with E-state index in [0.717, 1.165) is 32.5 Å². The number of nitrogens with zero attached hydrogens (tertiary/aromatic N) is 2. The maximum Gasteiger partial charge on any atom is 0.252 e. The highest BCUT2D eigenvalue weighted by Gasteiger charge is 2.24. The van der Waals surface area contributed by atoms with E-state index in [2.05, 4.69) is 15.3 Å². The third-order valence-corrected chi connectivity index (χ3v) is 7.43. The van der Waals surface area contributed by atoms with Gasteiger partial charge in [-0.2, -0.15) is 4.31 Å². The molecule has 0 bridgehead atoms. The summed E-state index contributed by atoms with van der Waals surface area (Å²) in [4.78, 5) is 19.7. The summed E-state index contributed by atoms with van der Waals surface area (Å²) in [6, 6.07) is 10.7. The van der Waals surface area contributed by atoms with Crippen molar-refractivity contribution in [2.45, 2.75) is 17.1 Å². The van der Waals surface area contributed by atoms with Crippen LogP contribution in [-0.2, 0) is 21.2 Å². The number of aryl methyl sites for hydroxylation is 1. The van der Waals surface area contributed by atoms with E-state index < -0.39 is 10.0 Å². The Hall–Kier alpha value is -1.94. The number of likely N-dealkylation sites (N-methyl/N-ethyl adjacent to an activating group) is 1. The summed E-state index contributed by atoms with van der Waals surface area (Å²) in [5, 5.41) is 2.74. The van der Waals surface area contributed by atoms with Crippen LogP contribution in [0.25, 0.3) is 11.0 Å². The first-order valence-electron chi connectivity index (χ1n) is 8.28. The molecule has 0 saturated carbocycles. The second kappa shape index (κ2) is 8.39. The van der Waals surface area contributed by atoms with Gasteiger partial charge in [-0.3, -0.25) is 4.79 Å². The molecule has 0 atom stereocenters. The number of hydrogen-bond acceptors (Lipinski definition) is 5. The molecule has 0 saturated heterocycles. The lowest BCUT2D eigenvalue weighted by Gasteiger charge is -2.15. The van der Waals surface area contributed by atoms with Crippen molar-refractivity contribution < 1.29 is 13.2 Å². The number of benzene rings is 1. The first-order valence-corrected chi connectivity index (χ1v) is 10.9. The SMILES string of the molecule is CN(CC(=O)NCCCc1nc2ccccc2[nH]1)S(=O)(=O)c1ccc(Cl)s1. The minimum absolute atomic E-state index is 0.118. The first kappa shape index (κ1) is 19.8. The summed E-state index contributed by atoms with van der Waals surface area (Å²) >= 11 is 6.75. The quantitative estimate of drug-likeness (QED) is 0.541.